The molecule has 1 amide bonds. The van der Waals surface area contributed by atoms with Gasteiger partial charge in [-0.15, -0.1) is 0 Å². The van der Waals surface area contributed by atoms with E-state index >= 15 is 0 Å². The van der Waals surface area contributed by atoms with Crippen molar-refractivity contribution < 1.29 is 17.6 Å². The SMILES string of the molecule is C=CS(=O)(=O)NC(=O)c1cc(C2CCCC2)n(-c2ccc(F)cc2)n1. The summed E-state index contributed by atoms with van der Waals surface area (Å²) in [5.41, 5.74) is 1.44. The Morgan fingerprint density at radius 3 is 2.52 bits per heavy atom. The molecule has 1 aromatic carbocycles. The Balaban J connectivity index is 2.01. The molecule has 0 bridgehead atoms. The predicted octanol–water partition coefficient (Wildman–Crippen LogP) is 2.87. The van der Waals surface area contributed by atoms with Gasteiger partial charge in [0.05, 0.1) is 5.69 Å². The maximum atomic E-state index is 13.2. The van der Waals surface area contributed by atoms with Crippen molar-refractivity contribution in [2.75, 3.05) is 0 Å². The average Bonchev–Trinajstić information content (AvgIpc) is 3.24. The quantitative estimate of drug-likeness (QED) is 0.886. The van der Waals surface area contributed by atoms with Crippen LogP contribution in [0.15, 0.2) is 42.3 Å². The third kappa shape index (κ3) is 3.79. The predicted molar refractivity (Wildman–Crippen MR) is 91.3 cm³/mol. The third-order valence-corrected chi connectivity index (χ3v) is 5.18. The van der Waals surface area contributed by atoms with E-state index in [1.807, 2.05) is 4.72 Å². The molecule has 1 N–H and O–H groups in total. The van der Waals surface area contributed by atoms with Crippen LogP contribution in [-0.4, -0.2) is 24.1 Å². The van der Waals surface area contributed by atoms with Crippen molar-refractivity contribution in [2.45, 2.75) is 31.6 Å². The second-order valence-corrected chi connectivity index (χ2v) is 7.59. The summed E-state index contributed by atoms with van der Waals surface area (Å²) in [6.45, 7) is 3.16. The van der Waals surface area contributed by atoms with Gasteiger partial charge in [-0.1, -0.05) is 19.4 Å². The summed E-state index contributed by atoms with van der Waals surface area (Å²) in [6, 6.07) is 7.38. The van der Waals surface area contributed by atoms with Crippen molar-refractivity contribution in [1.29, 1.82) is 0 Å². The highest BCUT2D eigenvalue weighted by Crippen LogP contribution is 2.35. The Labute approximate surface area is 145 Å². The van der Waals surface area contributed by atoms with E-state index < -0.39 is 15.9 Å². The molecular weight excluding hydrogens is 345 g/mol. The van der Waals surface area contributed by atoms with Gasteiger partial charge in [0.1, 0.15) is 5.82 Å². The molecule has 2 aromatic rings. The smallest absolute Gasteiger partial charge is 0.266 e. The highest BCUT2D eigenvalue weighted by molar-refractivity contribution is 7.92. The van der Waals surface area contributed by atoms with E-state index in [0.717, 1.165) is 31.4 Å². The van der Waals surface area contributed by atoms with Gasteiger partial charge in [0.15, 0.2) is 5.69 Å². The van der Waals surface area contributed by atoms with Crippen LogP contribution in [0.25, 0.3) is 5.69 Å². The van der Waals surface area contributed by atoms with Gasteiger partial charge in [0.2, 0.25) is 0 Å². The zero-order valence-electron chi connectivity index (χ0n) is 13.5. The summed E-state index contributed by atoms with van der Waals surface area (Å²) in [5, 5.41) is 4.92. The monoisotopic (exact) mass is 363 g/mol. The molecule has 0 spiro atoms. The molecule has 1 saturated carbocycles. The van der Waals surface area contributed by atoms with Crippen molar-refractivity contribution in [3.63, 3.8) is 0 Å². The second kappa shape index (κ2) is 6.79. The van der Waals surface area contributed by atoms with Crippen LogP contribution in [0.4, 0.5) is 4.39 Å². The van der Waals surface area contributed by atoms with Crippen molar-refractivity contribution in [3.05, 3.63) is 59.5 Å². The molecular formula is C17H18FN3O3S. The summed E-state index contributed by atoms with van der Waals surface area (Å²) in [6.07, 6.45) is 4.12. The molecule has 0 unspecified atom stereocenters. The molecule has 132 valence electrons. The van der Waals surface area contributed by atoms with Crippen LogP contribution in [0.3, 0.4) is 0 Å². The van der Waals surface area contributed by atoms with Crippen LogP contribution < -0.4 is 4.72 Å². The number of rotatable bonds is 5. The zero-order valence-corrected chi connectivity index (χ0v) is 14.3. The van der Waals surface area contributed by atoms with Crippen molar-refractivity contribution in [1.82, 2.24) is 14.5 Å². The summed E-state index contributed by atoms with van der Waals surface area (Å²) >= 11 is 0. The minimum Gasteiger partial charge on any atom is -0.266 e. The van der Waals surface area contributed by atoms with Gasteiger partial charge in [-0.3, -0.25) is 4.79 Å². The van der Waals surface area contributed by atoms with E-state index in [1.165, 1.54) is 12.1 Å². The lowest BCUT2D eigenvalue weighted by Crippen LogP contribution is -2.29. The van der Waals surface area contributed by atoms with Gasteiger partial charge < -0.3 is 0 Å². The molecule has 6 nitrogen and oxygen atoms in total. The minimum atomic E-state index is -3.89. The summed E-state index contributed by atoms with van der Waals surface area (Å²) < 4.78 is 39.7. The topological polar surface area (TPSA) is 81.1 Å². The van der Waals surface area contributed by atoms with Crippen molar-refractivity contribution in [2.24, 2.45) is 0 Å². The number of halogens is 1. The first-order valence-electron chi connectivity index (χ1n) is 7.95. The lowest BCUT2D eigenvalue weighted by atomic mass is 10.0. The maximum Gasteiger partial charge on any atom is 0.285 e. The number of amides is 1. The molecule has 8 heteroatoms. The Kier molecular flexibility index (Phi) is 4.71. The normalized spacial score (nSPS) is 15.2. The molecule has 1 aliphatic carbocycles. The number of sulfonamides is 1. The van der Waals surface area contributed by atoms with Crippen molar-refractivity contribution in [3.8, 4) is 5.69 Å². The van der Waals surface area contributed by atoms with Crippen LogP contribution >= 0.6 is 0 Å². The zero-order chi connectivity index (χ0) is 18.0. The summed E-state index contributed by atoms with van der Waals surface area (Å²) in [7, 11) is -3.89. The van der Waals surface area contributed by atoms with E-state index in [1.54, 1.807) is 22.9 Å². The average molecular weight is 363 g/mol. The Morgan fingerprint density at radius 2 is 1.92 bits per heavy atom. The maximum absolute atomic E-state index is 13.2. The Morgan fingerprint density at radius 1 is 1.28 bits per heavy atom. The number of nitrogens with zero attached hydrogens (tertiary/aromatic N) is 2. The summed E-state index contributed by atoms with van der Waals surface area (Å²) in [5.74, 6) is -0.955. The molecule has 1 aromatic heterocycles. The highest BCUT2D eigenvalue weighted by Gasteiger charge is 2.25. The van der Waals surface area contributed by atoms with Gasteiger partial charge >= 0.3 is 0 Å². The number of benzene rings is 1. The van der Waals surface area contributed by atoms with Crippen LogP contribution in [0.1, 0.15) is 47.8 Å². The van der Waals surface area contributed by atoms with Gasteiger partial charge in [-0.05, 0) is 43.2 Å². The van der Waals surface area contributed by atoms with Gasteiger partial charge in [-0.25, -0.2) is 22.2 Å². The molecule has 0 atom stereocenters. The van der Waals surface area contributed by atoms with Gasteiger partial charge in [0, 0.05) is 17.0 Å². The fourth-order valence-corrected chi connectivity index (χ4v) is 3.48. The molecule has 0 aliphatic heterocycles. The van der Waals surface area contributed by atoms with Crippen LogP contribution in [-0.2, 0) is 10.0 Å². The molecule has 1 heterocycles. The largest absolute Gasteiger partial charge is 0.285 e. The van der Waals surface area contributed by atoms with Crippen molar-refractivity contribution >= 4 is 15.9 Å². The number of carbonyl (C=O) groups excluding carboxylic acids is 1. The molecule has 0 saturated heterocycles. The molecule has 3 rings (SSSR count). The lowest BCUT2D eigenvalue weighted by molar-refractivity contribution is 0.0976. The summed E-state index contributed by atoms with van der Waals surface area (Å²) in [4.78, 5) is 12.2. The number of hydrogen-bond acceptors (Lipinski definition) is 4. The number of aromatic nitrogens is 2. The lowest BCUT2D eigenvalue weighted by Gasteiger charge is -2.12. The highest BCUT2D eigenvalue weighted by atomic mass is 32.2. The van der Waals surface area contributed by atoms with E-state index in [4.69, 9.17) is 0 Å². The third-order valence-electron chi connectivity index (χ3n) is 4.27. The first-order valence-corrected chi connectivity index (χ1v) is 9.50. The number of hydrogen-bond donors (Lipinski definition) is 1. The molecule has 1 aliphatic rings. The molecule has 1 fully saturated rings. The molecule has 0 radical (unpaired) electrons. The minimum absolute atomic E-state index is 0.00310. The number of carbonyl (C=O) groups is 1. The fourth-order valence-electron chi connectivity index (χ4n) is 3.03. The second-order valence-electron chi connectivity index (χ2n) is 5.97. The van der Waals surface area contributed by atoms with E-state index in [0.29, 0.717) is 11.1 Å². The first kappa shape index (κ1) is 17.3. The van der Waals surface area contributed by atoms with E-state index in [9.17, 15) is 17.6 Å². The van der Waals surface area contributed by atoms with E-state index in [-0.39, 0.29) is 17.4 Å². The molecule has 25 heavy (non-hydrogen) atoms. The van der Waals surface area contributed by atoms with Gasteiger partial charge in [-0.2, -0.15) is 5.10 Å². The number of nitrogens with one attached hydrogen (secondary N) is 1. The van der Waals surface area contributed by atoms with Crippen LogP contribution in [0.5, 0.6) is 0 Å². The Hall–Kier alpha value is -2.48. The van der Waals surface area contributed by atoms with Crippen LogP contribution in [0, 0.1) is 5.82 Å². The standard InChI is InChI=1S/C17H18FN3O3S/c1-2-25(23,24)20-17(22)15-11-16(12-5-3-4-6-12)21(19-15)14-9-7-13(18)8-10-14/h2,7-12H,1,3-6H2,(H,20,22). The van der Waals surface area contributed by atoms with E-state index in [2.05, 4.69) is 11.7 Å². The first-order chi connectivity index (χ1) is 11.9. The fraction of sp³-hybridized carbons (Fsp3) is 0.294. The van der Waals surface area contributed by atoms with Crippen LogP contribution in [0.2, 0.25) is 0 Å². The van der Waals surface area contributed by atoms with Gasteiger partial charge in [0.25, 0.3) is 15.9 Å². The Bertz CT molecular complexity index is 898.